The number of nitrogens with one attached hydrogen (secondary N) is 3. The minimum atomic E-state index is -3.99. The van der Waals surface area contributed by atoms with Crippen LogP contribution in [-0.2, 0) is 26.0 Å². The number of sulfonamides is 1. The smallest absolute Gasteiger partial charge is 0.242 e. The number of anilines is 2. The van der Waals surface area contributed by atoms with Crippen LogP contribution < -0.4 is 20.1 Å². The third-order valence-corrected chi connectivity index (χ3v) is 6.20. The quantitative estimate of drug-likeness (QED) is 0.447. The molecule has 1 unspecified atom stereocenters. The molecule has 9 heteroatoms. The van der Waals surface area contributed by atoms with E-state index in [0.717, 1.165) is 5.56 Å². The maximum atomic E-state index is 13.1. The summed E-state index contributed by atoms with van der Waals surface area (Å²) >= 11 is 0. The summed E-state index contributed by atoms with van der Waals surface area (Å²) in [6, 6.07) is 20.5. The van der Waals surface area contributed by atoms with Crippen LogP contribution in [0.2, 0.25) is 0 Å². The summed E-state index contributed by atoms with van der Waals surface area (Å²) in [6.07, 6.45) is 0.146. The highest BCUT2D eigenvalue weighted by Gasteiger charge is 2.26. The van der Waals surface area contributed by atoms with E-state index in [4.69, 9.17) is 4.74 Å². The van der Waals surface area contributed by atoms with Gasteiger partial charge in [-0.2, -0.15) is 4.72 Å². The lowest BCUT2D eigenvalue weighted by molar-refractivity contribution is -0.117. The summed E-state index contributed by atoms with van der Waals surface area (Å²) in [5.41, 5.74) is 1.73. The van der Waals surface area contributed by atoms with Gasteiger partial charge in [0.15, 0.2) is 0 Å². The van der Waals surface area contributed by atoms with E-state index in [-0.39, 0.29) is 17.2 Å². The lowest BCUT2D eigenvalue weighted by atomic mass is 10.1. The molecule has 0 aliphatic carbocycles. The molecule has 2 amide bonds. The molecule has 1 atom stereocenters. The highest BCUT2D eigenvalue weighted by atomic mass is 32.2. The third kappa shape index (κ3) is 6.90. The molecular formula is C24H25N3O5S. The van der Waals surface area contributed by atoms with Gasteiger partial charge in [-0.3, -0.25) is 9.59 Å². The second-order valence-electron chi connectivity index (χ2n) is 7.29. The summed E-state index contributed by atoms with van der Waals surface area (Å²) in [5.74, 6) is -0.254. The Balaban J connectivity index is 1.84. The Morgan fingerprint density at radius 1 is 0.879 bits per heavy atom. The van der Waals surface area contributed by atoms with Crippen molar-refractivity contribution in [3.8, 4) is 5.75 Å². The van der Waals surface area contributed by atoms with Crippen LogP contribution >= 0.6 is 0 Å². The normalized spacial score (nSPS) is 11.9. The monoisotopic (exact) mass is 467 g/mol. The van der Waals surface area contributed by atoms with Crippen molar-refractivity contribution in [3.63, 3.8) is 0 Å². The Morgan fingerprint density at radius 3 is 2.12 bits per heavy atom. The molecule has 0 fully saturated rings. The molecule has 3 aromatic rings. The summed E-state index contributed by atoms with van der Waals surface area (Å²) in [4.78, 5) is 24.4. The molecule has 0 aromatic heterocycles. The fourth-order valence-electron chi connectivity index (χ4n) is 3.16. The summed E-state index contributed by atoms with van der Waals surface area (Å²) in [6.45, 7) is 1.38. The fraction of sp³-hybridized carbons (Fsp3) is 0.167. The first-order chi connectivity index (χ1) is 15.8. The van der Waals surface area contributed by atoms with Crippen molar-refractivity contribution in [2.45, 2.75) is 24.3 Å². The van der Waals surface area contributed by atoms with Crippen LogP contribution in [0.3, 0.4) is 0 Å². The van der Waals surface area contributed by atoms with Crippen molar-refractivity contribution >= 4 is 33.2 Å². The van der Waals surface area contributed by atoms with Crippen LogP contribution in [0.5, 0.6) is 5.75 Å². The molecule has 3 rings (SSSR count). The molecule has 3 aromatic carbocycles. The molecule has 0 saturated heterocycles. The molecule has 3 N–H and O–H groups in total. The predicted octanol–water partition coefficient (Wildman–Crippen LogP) is 3.18. The zero-order valence-corrected chi connectivity index (χ0v) is 19.1. The number of rotatable bonds is 9. The maximum Gasteiger partial charge on any atom is 0.242 e. The van der Waals surface area contributed by atoms with Gasteiger partial charge in [-0.25, -0.2) is 8.42 Å². The van der Waals surface area contributed by atoms with Gasteiger partial charge >= 0.3 is 0 Å². The topological polar surface area (TPSA) is 114 Å². The van der Waals surface area contributed by atoms with Crippen molar-refractivity contribution < 1.29 is 22.7 Å². The van der Waals surface area contributed by atoms with E-state index in [1.165, 1.54) is 38.3 Å². The molecular weight excluding hydrogens is 442 g/mol. The van der Waals surface area contributed by atoms with E-state index in [9.17, 15) is 18.0 Å². The predicted molar refractivity (Wildman–Crippen MR) is 127 cm³/mol. The highest BCUT2D eigenvalue weighted by molar-refractivity contribution is 7.89. The van der Waals surface area contributed by atoms with E-state index < -0.39 is 22.0 Å². The van der Waals surface area contributed by atoms with Gasteiger partial charge in [0.1, 0.15) is 11.8 Å². The number of ether oxygens (including phenoxy) is 1. The van der Waals surface area contributed by atoms with Crippen molar-refractivity contribution in [3.05, 3.63) is 84.4 Å². The molecule has 33 heavy (non-hydrogen) atoms. The maximum absolute atomic E-state index is 13.1. The minimum Gasteiger partial charge on any atom is -0.497 e. The van der Waals surface area contributed by atoms with Crippen LogP contribution in [0.1, 0.15) is 12.5 Å². The molecule has 0 bridgehead atoms. The van der Waals surface area contributed by atoms with Crippen LogP contribution in [0.15, 0.2) is 83.8 Å². The van der Waals surface area contributed by atoms with Gasteiger partial charge in [0.05, 0.1) is 12.0 Å². The molecule has 8 nitrogen and oxygen atoms in total. The van der Waals surface area contributed by atoms with Gasteiger partial charge < -0.3 is 15.4 Å². The van der Waals surface area contributed by atoms with E-state index in [2.05, 4.69) is 15.4 Å². The third-order valence-electron chi connectivity index (χ3n) is 4.72. The average Bonchev–Trinajstić information content (AvgIpc) is 2.79. The Kier molecular flexibility index (Phi) is 7.81. The van der Waals surface area contributed by atoms with Crippen LogP contribution in [-0.4, -0.2) is 33.4 Å². The molecule has 0 spiro atoms. The Morgan fingerprint density at radius 2 is 1.52 bits per heavy atom. The SMILES string of the molecule is COc1ccc(S(=O)(=O)NC(Cc2ccccc2)C(=O)Nc2cccc(NC(C)=O)c2)cc1. The van der Waals surface area contributed by atoms with E-state index in [1.807, 2.05) is 30.3 Å². The first kappa shape index (κ1) is 24.0. The number of benzene rings is 3. The van der Waals surface area contributed by atoms with Crippen LogP contribution in [0, 0.1) is 0 Å². The van der Waals surface area contributed by atoms with Gasteiger partial charge in [-0.15, -0.1) is 0 Å². The summed E-state index contributed by atoms with van der Waals surface area (Å²) in [5, 5.41) is 5.38. The lowest BCUT2D eigenvalue weighted by Crippen LogP contribution is -2.45. The summed E-state index contributed by atoms with van der Waals surface area (Å²) in [7, 11) is -2.50. The summed E-state index contributed by atoms with van der Waals surface area (Å²) < 4.78 is 33.6. The zero-order valence-electron chi connectivity index (χ0n) is 18.2. The Hall–Kier alpha value is -3.69. The average molecular weight is 468 g/mol. The van der Waals surface area contributed by atoms with Crippen LogP contribution in [0.4, 0.5) is 11.4 Å². The molecule has 0 heterocycles. The van der Waals surface area contributed by atoms with Crippen molar-refractivity contribution in [1.82, 2.24) is 4.72 Å². The number of carbonyl (C=O) groups is 2. The molecule has 0 aliphatic heterocycles. The van der Waals surface area contributed by atoms with Crippen molar-refractivity contribution in [2.24, 2.45) is 0 Å². The number of amides is 2. The van der Waals surface area contributed by atoms with Gasteiger partial charge in [-0.1, -0.05) is 36.4 Å². The number of methoxy groups -OCH3 is 1. The van der Waals surface area contributed by atoms with Gasteiger partial charge in [0.2, 0.25) is 21.8 Å². The van der Waals surface area contributed by atoms with Gasteiger partial charge in [-0.05, 0) is 54.4 Å². The van der Waals surface area contributed by atoms with Crippen LogP contribution in [0.25, 0.3) is 0 Å². The minimum absolute atomic E-state index is 0.0156. The molecule has 0 aliphatic rings. The van der Waals surface area contributed by atoms with E-state index in [1.54, 1.807) is 24.3 Å². The largest absolute Gasteiger partial charge is 0.497 e. The standard InChI is InChI=1S/C24H25N3O5S/c1-17(28)25-19-9-6-10-20(16-19)26-24(29)23(15-18-7-4-3-5-8-18)27-33(30,31)22-13-11-21(32-2)12-14-22/h3-14,16,23,27H,15H2,1-2H3,(H,25,28)(H,26,29). The zero-order chi connectivity index (χ0) is 23.8. The van der Waals surface area contributed by atoms with E-state index >= 15 is 0 Å². The van der Waals surface area contributed by atoms with Crippen molar-refractivity contribution in [2.75, 3.05) is 17.7 Å². The van der Waals surface area contributed by atoms with E-state index in [0.29, 0.717) is 17.1 Å². The van der Waals surface area contributed by atoms with Gasteiger partial charge in [0, 0.05) is 18.3 Å². The second kappa shape index (κ2) is 10.8. The lowest BCUT2D eigenvalue weighted by Gasteiger charge is -2.19. The first-order valence-corrected chi connectivity index (χ1v) is 11.6. The first-order valence-electron chi connectivity index (χ1n) is 10.2. The highest BCUT2D eigenvalue weighted by Crippen LogP contribution is 2.18. The molecule has 0 saturated carbocycles. The second-order valence-corrected chi connectivity index (χ2v) is 9.00. The van der Waals surface area contributed by atoms with Gasteiger partial charge in [0.25, 0.3) is 0 Å². The molecule has 172 valence electrons. The fourth-order valence-corrected chi connectivity index (χ4v) is 4.35. The number of carbonyl (C=O) groups excluding carboxylic acids is 2. The Bertz CT molecular complexity index is 1210. The Labute approximate surface area is 193 Å². The number of hydrogen-bond acceptors (Lipinski definition) is 5. The number of hydrogen-bond donors (Lipinski definition) is 3. The molecule has 0 radical (unpaired) electrons. The van der Waals surface area contributed by atoms with Crippen molar-refractivity contribution in [1.29, 1.82) is 0 Å².